The van der Waals surface area contributed by atoms with Crippen LogP contribution in [0.15, 0.2) is 75.8 Å². The van der Waals surface area contributed by atoms with E-state index in [-0.39, 0.29) is 21.3 Å². The third-order valence-corrected chi connectivity index (χ3v) is 7.05. The van der Waals surface area contributed by atoms with Crippen LogP contribution in [0.2, 0.25) is 5.02 Å². The van der Waals surface area contributed by atoms with Gasteiger partial charge in [-0.3, -0.25) is 9.52 Å². The minimum Gasteiger partial charge on any atom is -0.321 e. The number of sulfonamides is 1. The van der Waals surface area contributed by atoms with E-state index in [9.17, 15) is 22.0 Å². The van der Waals surface area contributed by atoms with E-state index in [0.717, 1.165) is 4.88 Å². The highest BCUT2D eigenvalue weighted by molar-refractivity contribution is 7.99. The molecule has 0 aliphatic rings. The summed E-state index contributed by atoms with van der Waals surface area (Å²) < 4.78 is 52.5. The number of carbonyl (C=O) groups is 1. The fourth-order valence-corrected chi connectivity index (χ4v) is 4.77. The molecule has 1 aromatic heterocycles. The predicted octanol–water partition coefficient (Wildman–Crippen LogP) is 6.17. The lowest BCUT2D eigenvalue weighted by Gasteiger charge is -2.11. The van der Waals surface area contributed by atoms with Crippen molar-refractivity contribution >= 4 is 68.1 Å². The fourth-order valence-electron chi connectivity index (χ4n) is 2.40. The standard InChI is InChI=1S/C20H15ClF2N2O3S3/c21-17-9-8-16(12-18(17)24-19(26)10-7-14-2-1-11-29-14)31(27,28)25-13-3-5-15(6-4-13)30-20(22)23/h1-12,20,25H,(H,24,26)/b10-7+. The van der Waals surface area contributed by atoms with E-state index in [1.165, 1.54) is 59.9 Å². The number of nitrogens with one attached hydrogen (secondary N) is 2. The van der Waals surface area contributed by atoms with Gasteiger partial charge in [0.05, 0.1) is 15.6 Å². The minimum atomic E-state index is -4.00. The van der Waals surface area contributed by atoms with E-state index < -0.39 is 21.7 Å². The Kier molecular flexibility index (Phi) is 7.71. The van der Waals surface area contributed by atoms with Gasteiger partial charge in [-0.1, -0.05) is 29.4 Å². The lowest BCUT2D eigenvalue weighted by molar-refractivity contribution is -0.111. The molecule has 0 radical (unpaired) electrons. The van der Waals surface area contributed by atoms with E-state index in [2.05, 4.69) is 10.0 Å². The van der Waals surface area contributed by atoms with Gasteiger partial charge in [0.2, 0.25) is 5.91 Å². The number of benzene rings is 2. The fraction of sp³-hybridized carbons (Fsp3) is 0.0500. The Hall–Kier alpha value is -2.40. The summed E-state index contributed by atoms with van der Waals surface area (Å²) in [6.45, 7) is 0. The summed E-state index contributed by atoms with van der Waals surface area (Å²) in [5.41, 5.74) is 0.340. The molecule has 3 aromatic rings. The van der Waals surface area contributed by atoms with Crippen LogP contribution in [0.3, 0.4) is 0 Å². The zero-order valence-corrected chi connectivity index (χ0v) is 18.8. The average molecular weight is 501 g/mol. The van der Waals surface area contributed by atoms with Crippen LogP contribution in [0.5, 0.6) is 0 Å². The van der Waals surface area contributed by atoms with Crippen LogP contribution >= 0.6 is 34.7 Å². The highest BCUT2D eigenvalue weighted by Gasteiger charge is 2.17. The molecule has 0 atom stereocenters. The van der Waals surface area contributed by atoms with E-state index in [4.69, 9.17) is 11.6 Å². The van der Waals surface area contributed by atoms with Crippen molar-refractivity contribution in [2.24, 2.45) is 0 Å². The van der Waals surface area contributed by atoms with E-state index in [1.54, 1.807) is 6.08 Å². The molecular formula is C20H15ClF2N2O3S3. The monoisotopic (exact) mass is 500 g/mol. The number of alkyl halides is 2. The summed E-state index contributed by atoms with van der Waals surface area (Å²) in [7, 11) is -4.00. The van der Waals surface area contributed by atoms with E-state index >= 15 is 0 Å². The highest BCUT2D eigenvalue weighted by atomic mass is 35.5. The average Bonchev–Trinajstić information content (AvgIpc) is 3.22. The first-order valence-electron chi connectivity index (χ1n) is 8.63. The van der Waals surface area contributed by atoms with Crippen LogP contribution in [-0.4, -0.2) is 20.1 Å². The first-order valence-corrected chi connectivity index (χ1v) is 12.2. The number of amides is 1. The van der Waals surface area contributed by atoms with Gasteiger partial charge in [0, 0.05) is 21.5 Å². The maximum Gasteiger partial charge on any atom is 0.288 e. The molecule has 0 saturated carbocycles. The smallest absolute Gasteiger partial charge is 0.288 e. The molecule has 1 heterocycles. The highest BCUT2D eigenvalue weighted by Crippen LogP contribution is 2.29. The van der Waals surface area contributed by atoms with Gasteiger partial charge in [0.15, 0.2) is 0 Å². The molecule has 0 fully saturated rings. The Bertz CT molecular complexity index is 1180. The zero-order valence-electron chi connectivity index (χ0n) is 15.6. The number of halogens is 3. The molecule has 1 amide bonds. The molecule has 11 heteroatoms. The minimum absolute atomic E-state index is 0.125. The van der Waals surface area contributed by atoms with Gasteiger partial charge >= 0.3 is 0 Å². The van der Waals surface area contributed by atoms with Gasteiger partial charge < -0.3 is 5.32 Å². The van der Waals surface area contributed by atoms with Crippen molar-refractivity contribution in [3.05, 3.63) is 76.0 Å². The van der Waals surface area contributed by atoms with E-state index in [1.807, 2.05) is 17.5 Å². The molecule has 0 bridgehead atoms. The summed E-state index contributed by atoms with van der Waals surface area (Å²) in [5, 5.41) is 4.60. The Labute approximate surface area is 191 Å². The predicted molar refractivity (Wildman–Crippen MR) is 123 cm³/mol. The van der Waals surface area contributed by atoms with E-state index in [0.29, 0.717) is 16.7 Å². The first kappa shape index (κ1) is 23.3. The summed E-state index contributed by atoms with van der Waals surface area (Å²) >= 11 is 7.92. The SMILES string of the molecule is O=C(/C=C/c1cccs1)Nc1cc(S(=O)(=O)Nc2ccc(SC(F)F)cc2)ccc1Cl. The van der Waals surface area contributed by atoms with Crippen molar-refractivity contribution in [1.82, 2.24) is 0 Å². The number of hydrogen-bond donors (Lipinski definition) is 2. The van der Waals surface area contributed by atoms with Crippen LogP contribution in [0, 0.1) is 0 Å². The first-order chi connectivity index (χ1) is 14.7. The molecule has 5 nitrogen and oxygen atoms in total. The molecule has 162 valence electrons. The lowest BCUT2D eigenvalue weighted by Crippen LogP contribution is -2.14. The van der Waals surface area contributed by atoms with Gasteiger partial charge in [-0.15, -0.1) is 11.3 Å². The van der Waals surface area contributed by atoms with Crippen LogP contribution in [0.25, 0.3) is 6.08 Å². The van der Waals surface area contributed by atoms with Crippen molar-refractivity contribution in [2.75, 3.05) is 10.0 Å². The van der Waals surface area contributed by atoms with Crippen molar-refractivity contribution in [2.45, 2.75) is 15.5 Å². The van der Waals surface area contributed by atoms with Crippen LogP contribution in [-0.2, 0) is 14.8 Å². The van der Waals surface area contributed by atoms with Gasteiger partial charge in [0.25, 0.3) is 15.8 Å². The molecule has 0 aliphatic heterocycles. The molecule has 0 spiro atoms. The number of thioether (sulfide) groups is 1. The third-order valence-electron chi connectivity index (χ3n) is 3.78. The molecule has 0 saturated heterocycles. The second-order valence-corrected chi connectivity index (χ2v) is 10.1. The largest absolute Gasteiger partial charge is 0.321 e. The van der Waals surface area contributed by atoms with Crippen molar-refractivity contribution in [1.29, 1.82) is 0 Å². The number of anilines is 2. The lowest BCUT2D eigenvalue weighted by atomic mass is 10.3. The third kappa shape index (κ3) is 6.79. The molecule has 0 unspecified atom stereocenters. The second kappa shape index (κ2) is 10.3. The Balaban J connectivity index is 1.73. The molecule has 0 aliphatic carbocycles. The number of carbonyl (C=O) groups excluding carboxylic acids is 1. The van der Waals surface area contributed by atoms with Crippen molar-refractivity contribution < 1.29 is 22.0 Å². The maximum absolute atomic E-state index is 12.7. The van der Waals surface area contributed by atoms with Crippen molar-refractivity contribution in [3.8, 4) is 0 Å². The van der Waals surface area contributed by atoms with Crippen LogP contribution < -0.4 is 10.0 Å². The summed E-state index contributed by atoms with van der Waals surface area (Å²) in [6, 6.07) is 13.1. The Morgan fingerprint density at radius 2 is 1.87 bits per heavy atom. The van der Waals surface area contributed by atoms with Gasteiger partial charge in [-0.25, -0.2) is 8.42 Å². The quantitative estimate of drug-likeness (QED) is 0.286. The van der Waals surface area contributed by atoms with Crippen LogP contribution in [0.4, 0.5) is 20.2 Å². The number of thiophene rings is 1. The Morgan fingerprint density at radius 1 is 1.13 bits per heavy atom. The van der Waals surface area contributed by atoms with Gasteiger partial charge in [-0.05, 0) is 60.0 Å². The number of hydrogen-bond acceptors (Lipinski definition) is 5. The number of rotatable bonds is 8. The normalized spacial score (nSPS) is 11.7. The molecule has 31 heavy (non-hydrogen) atoms. The maximum atomic E-state index is 12.7. The van der Waals surface area contributed by atoms with Crippen LogP contribution in [0.1, 0.15) is 4.88 Å². The molecule has 3 rings (SSSR count). The summed E-state index contributed by atoms with van der Waals surface area (Å²) in [6.07, 6.45) is 2.95. The van der Waals surface area contributed by atoms with Crippen molar-refractivity contribution in [3.63, 3.8) is 0 Å². The topological polar surface area (TPSA) is 75.3 Å². The zero-order chi connectivity index (χ0) is 22.4. The molecule has 2 aromatic carbocycles. The summed E-state index contributed by atoms with van der Waals surface area (Å²) in [4.78, 5) is 13.2. The molecule has 2 N–H and O–H groups in total. The Morgan fingerprint density at radius 3 is 2.52 bits per heavy atom. The molecular weight excluding hydrogens is 486 g/mol. The van der Waals surface area contributed by atoms with Gasteiger partial charge in [0.1, 0.15) is 0 Å². The second-order valence-electron chi connectivity index (χ2n) is 5.99. The van der Waals surface area contributed by atoms with Gasteiger partial charge in [-0.2, -0.15) is 8.78 Å². The summed E-state index contributed by atoms with van der Waals surface area (Å²) in [5.74, 6) is -3.03.